The summed E-state index contributed by atoms with van der Waals surface area (Å²) in [4.78, 5) is 14.0. The molecule has 2 unspecified atom stereocenters. The van der Waals surface area contributed by atoms with Crippen LogP contribution in [-0.2, 0) is 9.53 Å². The van der Waals surface area contributed by atoms with E-state index in [2.05, 4.69) is 4.90 Å². The summed E-state index contributed by atoms with van der Waals surface area (Å²) in [5, 5.41) is 0. The van der Waals surface area contributed by atoms with E-state index in [4.69, 9.17) is 4.74 Å². The minimum atomic E-state index is -0.210. The van der Waals surface area contributed by atoms with Crippen LogP contribution in [0.2, 0.25) is 0 Å². The van der Waals surface area contributed by atoms with Crippen LogP contribution >= 0.6 is 0 Å². The van der Waals surface area contributed by atoms with Crippen molar-refractivity contribution in [1.82, 2.24) is 4.90 Å². The molecule has 0 radical (unpaired) electrons. The maximum Gasteiger partial charge on any atom is 0.136 e. The molecule has 0 aliphatic carbocycles. The van der Waals surface area contributed by atoms with E-state index in [9.17, 15) is 4.79 Å². The lowest BCUT2D eigenvalue weighted by atomic mass is 9.87. The van der Waals surface area contributed by atoms with Crippen molar-refractivity contribution in [1.29, 1.82) is 0 Å². The van der Waals surface area contributed by atoms with Crippen molar-refractivity contribution < 1.29 is 9.53 Å². The van der Waals surface area contributed by atoms with Gasteiger partial charge in [0.05, 0.1) is 13.2 Å². The molecule has 3 heteroatoms. The molecule has 0 aromatic heterocycles. The van der Waals surface area contributed by atoms with Crippen LogP contribution in [-0.4, -0.2) is 42.5 Å². The molecular weight excluding hydrogens is 190 g/mol. The number of fused-ring (bicyclic) bond motifs is 2. The molecule has 3 nitrogen and oxygen atoms in total. The van der Waals surface area contributed by atoms with Gasteiger partial charge in [0, 0.05) is 24.0 Å². The van der Waals surface area contributed by atoms with Crippen LogP contribution < -0.4 is 0 Å². The Morgan fingerprint density at radius 1 is 1.33 bits per heavy atom. The summed E-state index contributed by atoms with van der Waals surface area (Å²) < 4.78 is 5.54. The predicted molar refractivity (Wildman–Crippen MR) is 58.8 cm³/mol. The van der Waals surface area contributed by atoms with Gasteiger partial charge in [-0.3, -0.25) is 9.69 Å². The summed E-state index contributed by atoms with van der Waals surface area (Å²) in [5.74, 6) is 0.286. The second-order valence-corrected chi connectivity index (χ2v) is 5.53. The highest BCUT2D eigenvalue weighted by atomic mass is 16.5. The monoisotopic (exact) mass is 211 g/mol. The number of carbonyl (C=O) groups excluding carboxylic acids is 1. The van der Waals surface area contributed by atoms with Gasteiger partial charge in [0.2, 0.25) is 0 Å². The first-order valence-electron chi connectivity index (χ1n) is 5.85. The van der Waals surface area contributed by atoms with Gasteiger partial charge < -0.3 is 4.74 Å². The van der Waals surface area contributed by atoms with Gasteiger partial charge in [-0.15, -0.1) is 0 Å². The Kier molecular flexibility index (Phi) is 2.86. The number of nitrogens with zero attached hydrogens (tertiary/aromatic N) is 1. The first-order chi connectivity index (χ1) is 7.00. The average molecular weight is 211 g/mol. The van der Waals surface area contributed by atoms with Gasteiger partial charge in [-0.05, 0) is 19.8 Å². The molecule has 2 bridgehead atoms. The molecule has 2 heterocycles. The second kappa shape index (κ2) is 3.87. The van der Waals surface area contributed by atoms with Gasteiger partial charge in [-0.2, -0.15) is 0 Å². The Morgan fingerprint density at radius 2 is 1.87 bits per heavy atom. The molecule has 0 saturated carbocycles. The fourth-order valence-corrected chi connectivity index (χ4v) is 2.54. The lowest BCUT2D eigenvalue weighted by Crippen LogP contribution is -2.50. The highest BCUT2D eigenvalue weighted by molar-refractivity contribution is 5.81. The molecule has 2 fully saturated rings. The molecule has 0 spiro atoms. The van der Waals surface area contributed by atoms with Crippen molar-refractivity contribution in [2.24, 2.45) is 5.41 Å². The molecular formula is C12H21NO2. The van der Waals surface area contributed by atoms with E-state index in [0.717, 1.165) is 19.8 Å². The van der Waals surface area contributed by atoms with Gasteiger partial charge >= 0.3 is 0 Å². The first-order valence-corrected chi connectivity index (χ1v) is 5.85. The average Bonchev–Trinajstić information content (AvgIpc) is 2.39. The summed E-state index contributed by atoms with van der Waals surface area (Å²) >= 11 is 0. The molecule has 15 heavy (non-hydrogen) atoms. The van der Waals surface area contributed by atoms with Gasteiger partial charge in [-0.25, -0.2) is 0 Å². The van der Waals surface area contributed by atoms with E-state index in [0.29, 0.717) is 12.1 Å². The van der Waals surface area contributed by atoms with Gasteiger partial charge in [0.25, 0.3) is 0 Å². The fourth-order valence-electron chi connectivity index (χ4n) is 2.54. The minimum Gasteiger partial charge on any atom is -0.378 e. The van der Waals surface area contributed by atoms with E-state index >= 15 is 0 Å². The molecule has 2 aliphatic heterocycles. The van der Waals surface area contributed by atoms with Crippen LogP contribution in [0.5, 0.6) is 0 Å². The molecule has 2 aliphatic rings. The van der Waals surface area contributed by atoms with Crippen molar-refractivity contribution >= 4 is 5.78 Å². The summed E-state index contributed by atoms with van der Waals surface area (Å²) in [5.41, 5.74) is -0.210. The van der Waals surface area contributed by atoms with Crippen molar-refractivity contribution in [3.05, 3.63) is 0 Å². The second-order valence-electron chi connectivity index (χ2n) is 5.53. The van der Waals surface area contributed by atoms with Crippen LogP contribution in [0.1, 0.15) is 33.6 Å². The number of rotatable bonds is 3. The number of ketones is 1. The molecule has 0 aromatic rings. The predicted octanol–water partition coefficient (Wildman–Crippen LogP) is 1.46. The topological polar surface area (TPSA) is 29.5 Å². The van der Waals surface area contributed by atoms with Crippen LogP contribution in [0.15, 0.2) is 0 Å². The summed E-state index contributed by atoms with van der Waals surface area (Å²) in [7, 11) is 0. The molecule has 86 valence electrons. The number of Topliss-reactive ketones (excluding diaryl/α,β-unsaturated/α-hetero) is 1. The van der Waals surface area contributed by atoms with Crippen molar-refractivity contribution in [2.45, 2.75) is 45.7 Å². The Hall–Kier alpha value is -0.410. The Labute approximate surface area is 91.8 Å². The number of hydrogen-bond donors (Lipinski definition) is 0. The molecule has 0 amide bonds. The summed E-state index contributed by atoms with van der Waals surface area (Å²) in [6, 6.07) is 1.12. The molecule has 2 rings (SSSR count). The van der Waals surface area contributed by atoms with Crippen molar-refractivity contribution in [3.63, 3.8) is 0 Å². The lowest BCUT2D eigenvalue weighted by molar-refractivity contribution is -0.127. The van der Waals surface area contributed by atoms with E-state index in [1.807, 2.05) is 13.8 Å². The smallest absolute Gasteiger partial charge is 0.136 e. The van der Waals surface area contributed by atoms with Gasteiger partial charge in [0.1, 0.15) is 5.78 Å². The van der Waals surface area contributed by atoms with Crippen LogP contribution in [0.4, 0.5) is 0 Å². The number of hydrogen-bond acceptors (Lipinski definition) is 3. The van der Waals surface area contributed by atoms with Crippen LogP contribution in [0.3, 0.4) is 0 Å². The molecule has 2 saturated heterocycles. The fraction of sp³-hybridized carbons (Fsp3) is 0.917. The highest BCUT2D eigenvalue weighted by Gasteiger charge is 2.40. The third kappa shape index (κ3) is 2.08. The zero-order valence-corrected chi connectivity index (χ0v) is 9.95. The van der Waals surface area contributed by atoms with Crippen molar-refractivity contribution in [3.8, 4) is 0 Å². The Bertz CT molecular complexity index is 246. The van der Waals surface area contributed by atoms with Crippen LogP contribution in [0.25, 0.3) is 0 Å². The quantitative estimate of drug-likeness (QED) is 0.708. The Morgan fingerprint density at radius 3 is 2.33 bits per heavy atom. The van der Waals surface area contributed by atoms with E-state index in [1.165, 1.54) is 12.8 Å². The third-order valence-corrected chi connectivity index (χ3v) is 3.92. The maximum atomic E-state index is 11.5. The summed E-state index contributed by atoms with van der Waals surface area (Å²) in [6.07, 6.45) is 2.47. The zero-order chi connectivity index (χ0) is 11.1. The zero-order valence-electron chi connectivity index (χ0n) is 9.95. The standard InChI is InChI=1S/C12H21NO2/c1-9(14)12(2,3)8-13-10-4-5-11(13)7-15-6-10/h10-11H,4-8H2,1-3H3. The lowest BCUT2D eigenvalue weighted by Gasteiger charge is -2.39. The van der Waals surface area contributed by atoms with Crippen molar-refractivity contribution in [2.75, 3.05) is 19.8 Å². The van der Waals surface area contributed by atoms with E-state index < -0.39 is 0 Å². The van der Waals surface area contributed by atoms with Gasteiger partial charge in [-0.1, -0.05) is 13.8 Å². The normalized spacial score (nSPS) is 31.9. The van der Waals surface area contributed by atoms with Crippen LogP contribution in [0, 0.1) is 5.41 Å². The van der Waals surface area contributed by atoms with E-state index in [-0.39, 0.29) is 11.2 Å². The molecule has 0 N–H and O–H groups in total. The minimum absolute atomic E-state index is 0.210. The summed E-state index contributed by atoms with van der Waals surface area (Å²) in [6.45, 7) is 8.38. The number of morpholine rings is 1. The number of ether oxygens (including phenoxy) is 1. The van der Waals surface area contributed by atoms with E-state index in [1.54, 1.807) is 6.92 Å². The SMILES string of the molecule is CC(=O)C(C)(C)CN1C2CCC1COC2. The number of carbonyl (C=O) groups is 1. The first kappa shape index (κ1) is 11.1. The molecule has 2 atom stereocenters. The largest absolute Gasteiger partial charge is 0.378 e. The molecule has 0 aromatic carbocycles. The van der Waals surface area contributed by atoms with Gasteiger partial charge in [0.15, 0.2) is 0 Å². The highest BCUT2D eigenvalue weighted by Crippen LogP contribution is 2.32. The third-order valence-electron chi connectivity index (χ3n) is 3.92. The maximum absolute atomic E-state index is 11.5. The Balaban J connectivity index is 2.03.